The highest BCUT2D eigenvalue weighted by molar-refractivity contribution is 5.55. The van der Waals surface area contributed by atoms with Gasteiger partial charge in [-0.25, -0.2) is 4.68 Å². The van der Waals surface area contributed by atoms with Crippen molar-refractivity contribution >= 4 is 5.69 Å². The first kappa shape index (κ1) is 15.4. The number of hydrogen-bond donors (Lipinski definition) is 1. The van der Waals surface area contributed by atoms with Crippen LogP contribution in [0.4, 0.5) is 5.69 Å². The summed E-state index contributed by atoms with van der Waals surface area (Å²) in [4.78, 5) is 0. The van der Waals surface area contributed by atoms with Crippen LogP contribution >= 0.6 is 0 Å². The van der Waals surface area contributed by atoms with Gasteiger partial charge in [0, 0.05) is 12.6 Å². The molecule has 0 spiro atoms. The Balaban J connectivity index is 2.40. The first-order valence-corrected chi connectivity index (χ1v) is 7.43. The average Bonchev–Trinajstić information content (AvgIpc) is 2.66. The molecule has 0 aliphatic rings. The highest BCUT2D eigenvalue weighted by Gasteiger charge is 2.21. The Morgan fingerprint density at radius 2 is 1.90 bits per heavy atom. The minimum atomic E-state index is 0.0101. The molecule has 0 aliphatic heterocycles. The molecule has 4 heteroatoms. The third-order valence-electron chi connectivity index (χ3n) is 3.49. The largest absolute Gasteiger partial charge is 0.437 e. The van der Waals surface area contributed by atoms with E-state index in [4.69, 9.17) is 10.5 Å². The lowest BCUT2D eigenvalue weighted by Gasteiger charge is -2.22. The lowest BCUT2D eigenvalue weighted by Crippen LogP contribution is -2.12. The van der Waals surface area contributed by atoms with Gasteiger partial charge in [0.2, 0.25) is 5.88 Å². The van der Waals surface area contributed by atoms with Crippen LogP contribution in [-0.2, 0) is 18.9 Å². The van der Waals surface area contributed by atoms with Crippen LogP contribution in [0.15, 0.2) is 24.3 Å². The summed E-state index contributed by atoms with van der Waals surface area (Å²) in [7, 11) is 1.87. The van der Waals surface area contributed by atoms with Gasteiger partial charge < -0.3 is 10.5 Å². The van der Waals surface area contributed by atoms with Gasteiger partial charge in [0.1, 0.15) is 11.4 Å². The maximum absolute atomic E-state index is 6.19. The van der Waals surface area contributed by atoms with E-state index in [1.165, 1.54) is 0 Å². The van der Waals surface area contributed by atoms with Gasteiger partial charge >= 0.3 is 0 Å². The van der Waals surface area contributed by atoms with Crippen LogP contribution in [0.25, 0.3) is 0 Å². The Labute approximate surface area is 126 Å². The fraction of sp³-hybridized carbons (Fsp3) is 0.471. The number of para-hydroxylation sites is 1. The van der Waals surface area contributed by atoms with E-state index in [2.05, 4.69) is 38.9 Å². The summed E-state index contributed by atoms with van der Waals surface area (Å²) in [6.07, 6.45) is 1.88. The van der Waals surface area contributed by atoms with Crippen molar-refractivity contribution in [1.29, 1.82) is 0 Å². The molecule has 0 saturated carbocycles. The van der Waals surface area contributed by atoms with E-state index in [9.17, 15) is 0 Å². The Bertz CT molecular complexity index is 623. The number of nitrogen functional groups attached to an aromatic ring is 1. The molecule has 0 saturated heterocycles. The van der Waals surface area contributed by atoms with Crippen LogP contribution in [0.3, 0.4) is 0 Å². The molecule has 2 aromatic rings. The molecule has 114 valence electrons. The number of benzene rings is 1. The molecule has 0 aliphatic carbocycles. The monoisotopic (exact) mass is 287 g/mol. The molecule has 4 nitrogen and oxygen atoms in total. The molecule has 1 heterocycles. The van der Waals surface area contributed by atoms with Gasteiger partial charge in [-0.2, -0.15) is 5.10 Å². The van der Waals surface area contributed by atoms with Crippen molar-refractivity contribution in [2.45, 2.75) is 46.0 Å². The van der Waals surface area contributed by atoms with E-state index in [0.29, 0.717) is 11.6 Å². The average molecular weight is 287 g/mol. The predicted molar refractivity (Wildman–Crippen MR) is 86.8 cm³/mol. The second kappa shape index (κ2) is 5.80. The number of rotatable bonds is 4. The van der Waals surface area contributed by atoms with E-state index >= 15 is 0 Å². The summed E-state index contributed by atoms with van der Waals surface area (Å²) in [5, 5.41) is 4.45. The third-order valence-corrected chi connectivity index (χ3v) is 3.49. The molecule has 0 amide bonds. The van der Waals surface area contributed by atoms with Gasteiger partial charge in [0.15, 0.2) is 0 Å². The van der Waals surface area contributed by atoms with Crippen molar-refractivity contribution in [3.63, 3.8) is 0 Å². The number of hydrogen-bond acceptors (Lipinski definition) is 3. The second-order valence-electron chi connectivity index (χ2n) is 6.39. The molecule has 0 atom stereocenters. The van der Waals surface area contributed by atoms with Crippen molar-refractivity contribution in [3.05, 3.63) is 35.5 Å². The van der Waals surface area contributed by atoms with Crippen molar-refractivity contribution in [2.75, 3.05) is 5.73 Å². The standard InChI is InChI=1S/C17H25N3O/c1-6-9-13-15(18)16(20(5)19-13)21-14-11-8-7-10-12(14)17(2,3)4/h7-8,10-11H,6,9,18H2,1-5H3. The van der Waals surface area contributed by atoms with Gasteiger partial charge in [-0.05, 0) is 17.9 Å². The zero-order valence-corrected chi connectivity index (χ0v) is 13.6. The highest BCUT2D eigenvalue weighted by atomic mass is 16.5. The van der Waals surface area contributed by atoms with Gasteiger partial charge in [-0.15, -0.1) is 0 Å². The van der Waals surface area contributed by atoms with E-state index in [1.54, 1.807) is 4.68 Å². The van der Waals surface area contributed by atoms with E-state index in [-0.39, 0.29) is 5.41 Å². The zero-order chi connectivity index (χ0) is 15.6. The number of aryl methyl sites for hydroxylation is 2. The minimum absolute atomic E-state index is 0.0101. The molecule has 1 aromatic carbocycles. The molecule has 2 rings (SSSR count). The maximum Gasteiger partial charge on any atom is 0.241 e. The summed E-state index contributed by atoms with van der Waals surface area (Å²) in [5.41, 5.74) is 8.90. The third kappa shape index (κ3) is 3.20. The summed E-state index contributed by atoms with van der Waals surface area (Å²) >= 11 is 0. The van der Waals surface area contributed by atoms with Crippen molar-refractivity contribution in [2.24, 2.45) is 7.05 Å². The van der Waals surface area contributed by atoms with Crippen molar-refractivity contribution in [1.82, 2.24) is 9.78 Å². The second-order valence-corrected chi connectivity index (χ2v) is 6.39. The smallest absolute Gasteiger partial charge is 0.241 e. The van der Waals surface area contributed by atoms with Crippen LogP contribution in [0.5, 0.6) is 11.6 Å². The van der Waals surface area contributed by atoms with E-state index in [1.807, 2.05) is 25.2 Å². The molecular formula is C17H25N3O. The van der Waals surface area contributed by atoms with Crippen LogP contribution in [0.1, 0.15) is 45.4 Å². The lowest BCUT2D eigenvalue weighted by atomic mass is 9.86. The van der Waals surface area contributed by atoms with Crippen LogP contribution < -0.4 is 10.5 Å². The summed E-state index contributed by atoms with van der Waals surface area (Å²) in [5.74, 6) is 1.46. The van der Waals surface area contributed by atoms with Crippen LogP contribution in [0.2, 0.25) is 0 Å². The highest BCUT2D eigenvalue weighted by Crippen LogP contribution is 2.36. The van der Waals surface area contributed by atoms with Crippen LogP contribution in [0, 0.1) is 0 Å². The van der Waals surface area contributed by atoms with Gasteiger partial charge in [0.05, 0.1) is 5.69 Å². The number of anilines is 1. The predicted octanol–water partition coefficient (Wildman–Crippen LogP) is 4.04. The number of ether oxygens (including phenoxy) is 1. The molecule has 0 unspecified atom stereocenters. The first-order chi connectivity index (χ1) is 9.84. The van der Waals surface area contributed by atoms with Gasteiger partial charge in [-0.1, -0.05) is 52.3 Å². The summed E-state index contributed by atoms with van der Waals surface area (Å²) in [6, 6.07) is 8.08. The summed E-state index contributed by atoms with van der Waals surface area (Å²) in [6.45, 7) is 8.63. The fourth-order valence-corrected chi connectivity index (χ4v) is 2.40. The fourth-order valence-electron chi connectivity index (χ4n) is 2.40. The van der Waals surface area contributed by atoms with Crippen LogP contribution in [-0.4, -0.2) is 9.78 Å². The van der Waals surface area contributed by atoms with E-state index in [0.717, 1.165) is 29.8 Å². The van der Waals surface area contributed by atoms with Gasteiger partial charge in [0.25, 0.3) is 0 Å². The summed E-state index contributed by atoms with van der Waals surface area (Å²) < 4.78 is 7.82. The lowest BCUT2D eigenvalue weighted by molar-refractivity contribution is 0.415. The Kier molecular flexibility index (Phi) is 4.26. The molecule has 0 fully saturated rings. The number of nitrogens with two attached hydrogens (primary N) is 1. The number of aromatic nitrogens is 2. The molecular weight excluding hydrogens is 262 g/mol. The van der Waals surface area contributed by atoms with Gasteiger partial charge in [-0.3, -0.25) is 0 Å². The minimum Gasteiger partial charge on any atom is -0.437 e. The zero-order valence-electron chi connectivity index (χ0n) is 13.6. The van der Waals surface area contributed by atoms with E-state index < -0.39 is 0 Å². The van der Waals surface area contributed by atoms with Crippen molar-refractivity contribution in [3.8, 4) is 11.6 Å². The Morgan fingerprint density at radius 1 is 1.24 bits per heavy atom. The Hall–Kier alpha value is -1.97. The molecule has 1 aromatic heterocycles. The number of nitrogens with zero attached hydrogens (tertiary/aromatic N) is 2. The quantitative estimate of drug-likeness (QED) is 0.923. The normalized spacial score (nSPS) is 11.7. The topological polar surface area (TPSA) is 53.1 Å². The maximum atomic E-state index is 6.19. The molecule has 2 N–H and O–H groups in total. The first-order valence-electron chi connectivity index (χ1n) is 7.43. The Morgan fingerprint density at radius 3 is 2.52 bits per heavy atom. The van der Waals surface area contributed by atoms with Crippen molar-refractivity contribution < 1.29 is 4.74 Å². The SMILES string of the molecule is CCCc1nn(C)c(Oc2ccccc2C(C)(C)C)c1N. The molecule has 0 radical (unpaired) electrons. The molecule has 21 heavy (non-hydrogen) atoms. The molecule has 0 bridgehead atoms.